The molecule has 5 heteroatoms. The Morgan fingerprint density at radius 2 is 2.00 bits per heavy atom. The van der Waals surface area contributed by atoms with Crippen LogP contribution >= 0.6 is 0 Å². The van der Waals surface area contributed by atoms with Crippen LogP contribution in [0.1, 0.15) is 31.4 Å². The second-order valence-corrected chi connectivity index (χ2v) is 4.31. The lowest BCUT2D eigenvalue weighted by molar-refractivity contribution is -0.141. The highest BCUT2D eigenvalue weighted by Crippen LogP contribution is 2.21. The fourth-order valence-corrected chi connectivity index (χ4v) is 1.62. The van der Waals surface area contributed by atoms with Crippen LogP contribution in [0, 0.1) is 0 Å². The Morgan fingerprint density at radius 1 is 1.37 bits per heavy atom. The number of carbonyl (C=O) groups excluding carboxylic acids is 1. The van der Waals surface area contributed by atoms with Crippen molar-refractivity contribution in [2.75, 3.05) is 13.7 Å². The van der Waals surface area contributed by atoms with Crippen LogP contribution in [0.3, 0.4) is 0 Å². The number of hydrogen-bond donors (Lipinski definition) is 2. The minimum absolute atomic E-state index is 0.0221. The molecule has 0 aliphatic heterocycles. The van der Waals surface area contributed by atoms with Gasteiger partial charge in [0.05, 0.1) is 26.2 Å². The van der Waals surface area contributed by atoms with Gasteiger partial charge in [-0.3, -0.25) is 4.79 Å². The standard InChI is InChI=1S/C14H21NO4/c1-3-8-19-11-6-4-10(5-7-11)14(17)12(15)9-13(16)18-2/h4-7,12,14,17H,3,8-9,15H2,1-2H3. The molecule has 0 amide bonds. The molecular formula is C14H21NO4. The van der Waals surface area contributed by atoms with E-state index in [0.29, 0.717) is 12.2 Å². The third-order valence-electron chi connectivity index (χ3n) is 2.73. The number of carbonyl (C=O) groups is 1. The highest BCUT2D eigenvalue weighted by Gasteiger charge is 2.20. The van der Waals surface area contributed by atoms with E-state index in [4.69, 9.17) is 10.5 Å². The van der Waals surface area contributed by atoms with E-state index in [1.807, 2.05) is 6.92 Å². The van der Waals surface area contributed by atoms with Gasteiger partial charge in [-0.2, -0.15) is 0 Å². The molecule has 0 aliphatic rings. The van der Waals surface area contributed by atoms with Gasteiger partial charge >= 0.3 is 5.97 Å². The number of benzene rings is 1. The second-order valence-electron chi connectivity index (χ2n) is 4.31. The molecule has 1 aromatic carbocycles. The summed E-state index contributed by atoms with van der Waals surface area (Å²) < 4.78 is 9.97. The summed E-state index contributed by atoms with van der Waals surface area (Å²) in [6.07, 6.45) is 0.0134. The molecule has 0 spiro atoms. The quantitative estimate of drug-likeness (QED) is 0.730. The SMILES string of the molecule is CCCOc1ccc(C(O)C(N)CC(=O)OC)cc1. The van der Waals surface area contributed by atoms with Gasteiger partial charge in [0.2, 0.25) is 0 Å². The van der Waals surface area contributed by atoms with Gasteiger partial charge in [0.15, 0.2) is 0 Å². The molecule has 0 saturated heterocycles. The number of methoxy groups -OCH3 is 1. The molecule has 19 heavy (non-hydrogen) atoms. The Hall–Kier alpha value is -1.59. The van der Waals surface area contributed by atoms with E-state index in [1.54, 1.807) is 24.3 Å². The van der Waals surface area contributed by atoms with Crippen molar-refractivity contribution in [1.82, 2.24) is 0 Å². The number of aliphatic hydroxyl groups excluding tert-OH is 1. The zero-order valence-electron chi connectivity index (χ0n) is 11.3. The van der Waals surface area contributed by atoms with Crippen LogP contribution < -0.4 is 10.5 Å². The van der Waals surface area contributed by atoms with E-state index in [9.17, 15) is 9.90 Å². The van der Waals surface area contributed by atoms with Crippen molar-refractivity contribution < 1.29 is 19.4 Å². The van der Waals surface area contributed by atoms with E-state index in [1.165, 1.54) is 7.11 Å². The summed E-state index contributed by atoms with van der Waals surface area (Å²) >= 11 is 0. The monoisotopic (exact) mass is 267 g/mol. The van der Waals surface area contributed by atoms with Gasteiger partial charge in [-0.15, -0.1) is 0 Å². The molecule has 0 radical (unpaired) electrons. The average Bonchev–Trinajstić information content (AvgIpc) is 2.44. The highest BCUT2D eigenvalue weighted by atomic mass is 16.5. The first-order valence-electron chi connectivity index (χ1n) is 6.31. The zero-order chi connectivity index (χ0) is 14.3. The minimum atomic E-state index is -0.903. The Labute approximate surface area is 113 Å². The summed E-state index contributed by atoms with van der Waals surface area (Å²) in [4.78, 5) is 11.1. The van der Waals surface area contributed by atoms with Crippen molar-refractivity contribution in [1.29, 1.82) is 0 Å². The molecule has 5 nitrogen and oxygen atoms in total. The average molecular weight is 267 g/mol. The van der Waals surface area contributed by atoms with Crippen molar-refractivity contribution in [2.24, 2.45) is 5.73 Å². The molecule has 1 aromatic rings. The van der Waals surface area contributed by atoms with E-state index in [0.717, 1.165) is 12.2 Å². The van der Waals surface area contributed by atoms with Gasteiger partial charge in [0, 0.05) is 6.04 Å². The highest BCUT2D eigenvalue weighted by molar-refractivity contribution is 5.70. The van der Waals surface area contributed by atoms with Crippen LogP contribution in [-0.2, 0) is 9.53 Å². The maximum atomic E-state index is 11.1. The number of hydrogen-bond acceptors (Lipinski definition) is 5. The largest absolute Gasteiger partial charge is 0.494 e. The minimum Gasteiger partial charge on any atom is -0.494 e. The molecular weight excluding hydrogens is 246 g/mol. The first-order chi connectivity index (χ1) is 9.08. The fourth-order valence-electron chi connectivity index (χ4n) is 1.62. The van der Waals surface area contributed by atoms with E-state index in [2.05, 4.69) is 4.74 Å². The lowest BCUT2D eigenvalue weighted by atomic mass is 10.0. The lowest BCUT2D eigenvalue weighted by Crippen LogP contribution is -2.31. The van der Waals surface area contributed by atoms with Crippen molar-refractivity contribution in [2.45, 2.75) is 31.9 Å². The summed E-state index contributed by atoms with van der Waals surface area (Å²) in [6, 6.07) is 6.35. The molecule has 2 unspecified atom stereocenters. The van der Waals surface area contributed by atoms with E-state index < -0.39 is 18.1 Å². The summed E-state index contributed by atoms with van der Waals surface area (Å²) in [7, 11) is 1.29. The van der Waals surface area contributed by atoms with Crippen LogP contribution in [0.2, 0.25) is 0 Å². The van der Waals surface area contributed by atoms with Crippen LogP contribution in [0.4, 0.5) is 0 Å². The van der Waals surface area contributed by atoms with Gasteiger partial charge in [-0.05, 0) is 24.1 Å². The smallest absolute Gasteiger partial charge is 0.307 e. The van der Waals surface area contributed by atoms with Crippen LogP contribution in [0.25, 0.3) is 0 Å². The lowest BCUT2D eigenvalue weighted by Gasteiger charge is -2.18. The first kappa shape index (κ1) is 15.5. The number of esters is 1. The summed E-state index contributed by atoms with van der Waals surface area (Å²) in [6.45, 7) is 2.69. The molecule has 2 atom stereocenters. The number of ether oxygens (including phenoxy) is 2. The van der Waals surface area contributed by atoms with Crippen LogP contribution in [0.5, 0.6) is 5.75 Å². The third-order valence-corrected chi connectivity index (χ3v) is 2.73. The first-order valence-corrected chi connectivity index (χ1v) is 6.31. The van der Waals surface area contributed by atoms with Gasteiger partial charge in [-0.1, -0.05) is 19.1 Å². The van der Waals surface area contributed by atoms with E-state index in [-0.39, 0.29) is 6.42 Å². The predicted molar refractivity (Wildman–Crippen MR) is 71.8 cm³/mol. The Morgan fingerprint density at radius 3 is 2.53 bits per heavy atom. The fraction of sp³-hybridized carbons (Fsp3) is 0.500. The van der Waals surface area contributed by atoms with Crippen molar-refractivity contribution in [3.05, 3.63) is 29.8 Å². The molecule has 3 N–H and O–H groups in total. The molecule has 0 bridgehead atoms. The van der Waals surface area contributed by atoms with Gasteiger partial charge in [0.25, 0.3) is 0 Å². The summed E-state index contributed by atoms with van der Waals surface area (Å²) in [5.74, 6) is 0.314. The maximum absolute atomic E-state index is 11.1. The summed E-state index contributed by atoms with van der Waals surface area (Å²) in [5.41, 5.74) is 6.41. The van der Waals surface area contributed by atoms with Gasteiger partial charge in [0.1, 0.15) is 5.75 Å². The Balaban J connectivity index is 2.61. The second kappa shape index (κ2) is 7.76. The van der Waals surface area contributed by atoms with Crippen molar-refractivity contribution >= 4 is 5.97 Å². The third kappa shape index (κ3) is 4.89. The van der Waals surface area contributed by atoms with E-state index >= 15 is 0 Å². The molecule has 0 heterocycles. The summed E-state index contributed by atoms with van der Waals surface area (Å²) in [5, 5.41) is 10.0. The predicted octanol–water partition coefficient (Wildman–Crippen LogP) is 1.40. The Bertz CT molecular complexity index is 391. The topological polar surface area (TPSA) is 81.8 Å². The van der Waals surface area contributed by atoms with Crippen molar-refractivity contribution in [3.63, 3.8) is 0 Å². The molecule has 0 fully saturated rings. The normalized spacial score (nSPS) is 13.7. The zero-order valence-corrected chi connectivity index (χ0v) is 11.3. The number of nitrogens with two attached hydrogens (primary N) is 1. The van der Waals surface area contributed by atoms with Crippen molar-refractivity contribution in [3.8, 4) is 5.75 Å². The molecule has 0 saturated carbocycles. The molecule has 1 rings (SSSR count). The number of aliphatic hydroxyl groups is 1. The van der Waals surface area contributed by atoms with Gasteiger partial charge < -0.3 is 20.3 Å². The van der Waals surface area contributed by atoms with Crippen LogP contribution in [-0.4, -0.2) is 30.8 Å². The number of rotatable bonds is 7. The van der Waals surface area contributed by atoms with Gasteiger partial charge in [-0.25, -0.2) is 0 Å². The molecule has 0 aliphatic carbocycles. The molecule has 106 valence electrons. The Kier molecular flexibility index (Phi) is 6.32. The molecule has 0 aromatic heterocycles. The maximum Gasteiger partial charge on any atom is 0.307 e. The van der Waals surface area contributed by atoms with Crippen LogP contribution in [0.15, 0.2) is 24.3 Å².